The molecule has 0 aromatic carbocycles. The Morgan fingerprint density at radius 2 is 1.50 bits per heavy atom. The molecule has 0 aromatic heterocycles. The average Bonchev–Trinajstić information content (AvgIpc) is 1.09. The molecule has 0 spiro atoms. The number of halogens is 4. The molecule has 0 saturated heterocycles. The molecule has 2 N–H and O–H groups in total. The molecule has 0 radical (unpaired) electrons. The van der Waals surface area contributed by atoms with Crippen LogP contribution in [0.3, 0.4) is 0 Å². The molecular formula is H2F4O4P2. The molecule has 10 heteroatoms. The second-order valence-electron chi connectivity index (χ2n) is 1.23. The van der Waals surface area contributed by atoms with E-state index in [0.717, 1.165) is 0 Å². The van der Waals surface area contributed by atoms with Crippen LogP contribution in [0.15, 0.2) is 0 Å². The molecule has 0 amide bonds. The predicted molar refractivity (Wildman–Crippen MR) is 24.5 cm³/mol. The van der Waals surface area contributed by atoms with E-state index in [1.54, 1.807) is 0 Å². The molecule has 0 aromatic rings. The number of phosphoric acid groups is 1. The molecule has 4 nitrogen and oxygen atoms in total. The first-order chi connectivity index (χ1) is 3.96. The van der Waals surface area contributed by atoms with Gasteiger partial charge in [-0.25, -0.2) is 0 Å². The molecule has 0 saturated carbocycles. The van der Waals surface area contributed by atoms with Gasteiger partial charge in [0, 0.05) is 0 Å². The van der Waals surface area contributed by atoms with Crippen LogP contribution < -0.4 is 0 Å². The molecule has 0 bridgehead atoms. The van der Waals surface area contributed by atoms with Crippen molar-refractivity contribution in [3.63, 3.8) is 0 Å². The summed E-state index contributed by atoms with van der Waals surface area (Å²) in [6.45, 7) is 0. The van der Waals surface area contributed by atoms with Gasteiger partial charge in [0.15, 0.2) is 0 Å². The summed E-state index contributed by atoms with van der Waals surface area (Å²) in [5, 5.41) is 0. The maximum absolute atomic E-state index is 11.0. The molecule has 0 fully saturated rings. The van der Waals surface area contributed by atoms with E-state index in [4.69, 9.17) is 9.79 Å². The van der Waals surface area contributed by atoms with Crippen LogP contribution >= 0.6 is 15.9 Å². The first-order valence-electron chi connectivity index (χ1n) is 1.62. The van der Waals surface area contributed by atoms with Crippen molar-refractivity contribution in [2.75, 3.05) is 0 Å². The Morgan fingerprint density at radius 1 is 1.20 bits per heavy atom. The van der Waals surface area contributed by atoms with E-state index in [2.05, 4.69) is 0 Å². The van der Waals surface area contributed by atoms with Crippen molar-refractivity contribution in [3.8, 4) is 0 Å². The monoisotopic (exact) mass is 204 g/mol. The zero-order valence-corrected chi connectivity index (χ0v) is 5.91. The Morgan fingerprint density at radius 3 is 1.50 bits per heavy atom. The van der Waals surface area contributed by atoms with Gasteiger partial charge in [-0.05, 0) is 0 Å². The van der Waals surface area contributed by atoms with E-state index >= 15 is 0 Å². The Balaban J connectivity index is 4.33. The summed E-state index contributed by atoms with van der Waals surface area (Å²) < 4.78 is 55.3. The standard InChI is InChI=1S/F4H2O4P2/c1-10(2,3,4)8-9(5,6)7/h(H2,5,6,7). The van der Waals surface area contributed by atoms with Gasteiger partial charge in [-0.3, -0.25) is 0 Å². The van der Waals surface area contributed by atoms with E-state index < -0.39 is 15.9 Å². The van der Waals surface area contributed by atoms with Crippen LogP contribution in [0.25, 0.3) is 0 Å². The summed E-state index contributed by atoms with van der Waals surface area (Å²) >= 11 is 0. The summed E-state index contributed by atoms with van der Waals surface area (Å²) in [6.07, 6.45) is 0. The van der Waals surface area contributed by atoms with Gasteiger partial charge in [-0.1, -0.05) is 0 Å². The molecule has 0 aliphatic heterocycles. The van der Waals surface area contributed by atoms with Crippen LogP contribution in [0.1, 0.15) is 0 Å². The van der Waals surface area contributed by atoms with Gasteiger partial charge in [0.05, 0.1) is 0 Å². The first kappa shape index (κ1) is 10.3. The van der Waals surface area contributed by atoms with Crippen LogP contribution in [-0.4, -0.2) is 9.79 Å². The normalized spacial score (nSPS) is 18.0. The summed E-state index contributed by atoms with van der Waals surface area (Å²) in [6, 6.07) is 0. The Bertz CT molecular complexity index is 164. The summed E-state index contributed by atoms with van der Waals surface area (Å²) in [5.74, 6) is 0. The molecule has 0 rings (SSSR count). The van der Waals surface area contributed by atoms with Crippen LogP contribution in [0.2, 0.25) is 0 Å². The quantitative estimate of drug-likeness (QED) is 0.533. The Labute approximate surface area is 52.5 Å². The number of rotatable bonds is 2. The SMILES string of the molecule is O=P(O)(O)OP(F)(F)(F)F. The van der Waals surface area contributed by atoms with Crippen molar-refractivity contribution >= 4 is 15.9 Å². The van der Waals surface area contributed by atoms with Crippen LogP contribution in [0.4, 0.5) is 16.8 Å². The summed E-state index contributed by atoms with van der Waals surface area (Å²) in [7, 11) is -14.3. The number of hydrogen-bond acceptors (Lipinski definition) is 2. The van der Waals surface area contributed by atoms with E-state index in [-0.39, 0.29) is 0 Å². The summed E-state index contributed by atoms with van der Waals surface area (Å²) in [5.41, 5.74) is 0. The fourth-order valence-corrected chi connectivity index (χ4v) is 1.45. The second-order valence-corrected chi connectivity index (χ2v) is 4.18. The van der Waals surface area contributed by atoms with Gasteiger partial charge in [0.1, 0.15) is 0 Å². The maximum atomic E-state index is 11.0. The zero-order chi connectivity index (χ0) is 8.65. The van der Waals surface area contributed by atoms with Crippen LogP contribution in [0, 0.1) is 0 Å². The Hall–Kier alpha value is 0.260. The van der Waals surface area contributed by atoms with Crippen molar-refractivity contribution in [2.45, 2.75) is 0 Å². The molecule has 0 aliphatic rings. The van der Waals surface area contributed by atoms with Gasteiger partial charge in [-0.2, -0.15) is 0 Å². The third kappa shape index (κ3) is 8.26. The van der Waals surface area contributed by atoms with Crippen molar-refractivity contribution in [1.29, 1.82) is 0 Å². The zero-order valence-electron chi connectivity index (χ0n) is 4.12. The van der Waals surface area contributed by atoms with Crippen molar-refractivity contribution in [3.05, 3.63) is 0 Å². The third-order valence-electron chi connectivity index (χ3n) is 0.230. The summed E-state index contributed by atoms with van der Waals surface area (Å²) in [4.78, 5) is 15.0. The molecule has 0 heterocycles. The fraction of sp³-hybridized carbons (Fsp3) is 0. The van der Waals surface area contributed by atoms with Crippen molar-refractivity contribution in [2.24, 2.45) is 0 Å². The average molecular weight is 204 g/mol. The first-order valence-corrected chi connectivity index (χ1v) is 4.87. The minimum atomic E-state index is -8.51. The van der Waals surface area contributed by atoms with Crippen molar-refractivity contribution < 1.29 is 35.5 Å². The minimum absolute atomic E-state index is 1.94. The molecule has 10 heavy (non-hydrogen) atoms. The van der Waals surface area contributed by atoms with Crippen LogP contribution in [0.5, 0.6) is 0 Å². The van der Waals surface area contributed by atoms with Gasteiger partial charge >= 0.3 is 51.3 Å². The van der Waals surface area contributed by atoms with Crippen LogP contribution in [-0.2, 0) is 8.88 Å². The number of hydrogen-bond donors (Lipinski definition) is 2. The van der Waals surface area contributed by atoms with Crippen molar-refractivity contribution in [1.82, 2.24) is 0 Å². The molecule has 64 valence electrons. The Kier molecular flexibility index (Phi) is 2.18. The van der Waals surface area contributed by atoms with Gasteiger partial charge < -0.3 is 0 Å². The van der Waals surface area contributed by atoms with E-state index in [0.29, 0.717) is 0 Å². The van der Waals surface area contributed by atoms with E-state index in [1.165, 1.54) is 0 Å². The predicted octanol–water partition coefficient (Wildman–Crippen LogP) is 2.10. The van der Waals surface area contributed by atoms with E-state index in [9.17, 15) is 21.4 Å². The van der Waals surface area contributed by atoms with Gasteiger partial charge in [-0.15, -0.1) is 0 Å². The molecular weight excluding hydrogens is 202 g/mol. The third-order valence-corrected chi connectivity index (χ3v) is 2.07. The van der Waals surface area contributed by atoms with E-state index in [1.807, 2.05) is 4.31 Å². The molecule has 0 unspecified atom stereocenters. The fourth-order valence-electron chi connectivity index (χ4n) is 0.161. The van der Waals surface area contributed by atoms with Gasteiger partial charge in [0.25, 0.3) is 0 Å². The second kappa shape index (κ2) is 2.12. The molecule has 0 atom stereocenters. The molecule has 0 aliphatic carbocycles. The van der Waals surface area contributed by atoms with Gasteiger partial charge in [0.2, 0.25) is 0 Å². The topological polar surface area (TPSA) is 66.8 Å².